The quantitative estimate of drug-likeness (QED) is 0.371. The summed E-state index contributed by atoms with van der Waals surface area (Å²) in [6, 6.07) is 27.2. The maximum Gasteiger partial charge on any atom is 0.0463 e. The molecule has 3 nitrogen and oxygen atoms in total. The van der Waals surface area contributed by atoms with E-state index in [1.54, 1.807) is 0 Å². The standard InChI is InChI=1S/C28H37N3/c1-20(2)19-23-7-13-26(14-8-23)31(27-15-9-24(10-16-27)29-21(3)4)28-17-11-25(12-18-28)30-22(5)6/h7-18,20-22,29-30H,19H2,1-6H3. The molecule has 0 atom stereocenters. The smallest absolute Gasteiger partial charge is 0.0463 e. The number of rotatable bonds is 9. The second-order valence-electron chi connectivity index (χ2n) is 9.29. The van der Waals surface area contributed by atoms with E-state index in [9.17, 15) is 0 Å². The van der Waals surface area contributed by atoms with Crippen molar-refractivity contribution in [1.29, 1.82) is 0 Å². The van der Waals surface area contributed by atoms with Gasteiger partial charge < -0.3 is 15.5 Å². The molecule has 0 bridgehead atoms. The molecule has 0 aromatic heterocycles. The Morgan fingerprint density at radius 2 is 0.903 bits per heavy atom. The van der Waals surface area contributed by atoms with Crippen LogP contribution in [-0.4, -0.2) is 12.1 Å². The van der Waals surface area contributed by atoms with Crippen LogP contribution in [0.1, 0.15) is 47.1 Å². The molecule has 0 unspecified atom stereocenters. The molecule has 3 rings (SSSR count). The minimum atomic E-state index is 0.413. The third-order valence-electron chi connectivity index (χ3n) is 5.00. The van der Waals surface area contributed by atoms with E-state index in [4.69, 9.17) is 0 Å². The van der Waals surface area contributed by atoms with E-state index in [2.05, 4.69) is 130 Å². The first-order valence-electron chi connectivity index (χ1n) is 11.4. The first-order chi connectivity index (χ1) is 14.8. The number of nitrogens with zero attached hydrogens (tertiary/aromatic N) is 1. The van der Waals surface area contributed by atoms with E-state index >= 15 is 0 Å². The molecular formula is C28H37N3. The predicted molar refractivity (Wildman–Crippen MR) is 137 cm³/mol. The normalized spacial score (nSPS) is 11.3. The zero-order chi connectivity index (χ0) is 22.4. The third kappa shape index (κ3) is 6.52. The number of nitrogens with one attached hydrogen (secondary N) is 2. The lowest BCUT2D eigenvalue weighted by Gasteiger charge is -2.26. The maximum absolute atomic E-state index is 3.47. The molecule has 0 fully saturated rings. The Labute approximate surface area is 188 Å². The lowest BCUT2D eigenvalue weighted by Crippen LogP contribution is -2.12. The zero-order valence-electron chi connectivity index (χ0n) is 19.8. The third-order valence-corrected chi connectivity index (χ3v) is 5.00. The lowest BCUT2D eigenvalue weighted by atomic mass is 10.0. The van der Waals surface area contributed by atoms with Crippen molar-refractivity contribution in [2.24, 2.45) is 5.92 Å². The summed E-state index contributed by atoms with van der Waals surface area (Å²) in [5.41, 5.74) is 7.13. The summed E-state index contributed by atoms with van der Waals surface area (Å²) in [5.74, 6) is 0.656. The van der Waals surface area contributed by atoms with Gasteiger partial charge in [-0.25, -0.2) is 0 Å². The van der Waals surface area contributed by atoms with Crippen molar-refractivity contribution in [2.45, 2.75) is 60.0 Å². The second kappa shape index (κ2) is 10.4. The van der Waals surface area contributed by atoms with Crippen LogP contribution in [-0.2, 0) is 6.42 Å². The Morgan fingerprint density at radius 1 is 0.548 bits per heavy atom. The lowest BCUT2D eigenvalue weighted by molar-refractivity contribution is 0.647. The van der Waals surface area contributed by atoms with Crippen LogP contribution >= 0.6 is 0 Å². The molecule has 3 aromatic rings. The Balaban J connectivity index is 1.95. The monoisotopic (exact) mass is 415 g/mol. The minimum absolute atomic E-state index is 0.413. The topological polar surface area (TPSA) is 27.3 Å². The highest BCUT2D eigenvalue weighted by molar-refractivity contribution is 5.78. The Morgan fingerprint density at radius 3 is 1.23 bits per heavy atom. The van der Waals surface area contributed by atoms with Crippen LogP contribution in [0.5, 0.6) is 0 Å². The van der Waals surface area contributed by atoms with Gasteiger partial charge in [-0.2, -0.15) is 0 Å². The highest BCUT2D eigenvalue weighted by Crippen LogP contribution is 2.36. The summed E-state index contributed by atoms with van der Waals surface area (Å²) >= 11 is 0. The molecular weight excluding hydrogens is 378 g/mol. The van der Waals surface area contributed by atoms with Gasteiger partial charge in [0.15, 0.2) is 0 Å². The summed E-state index contributed by atoms with van der Waals surface area (Å²) in [7, 11) is 0. The van der Waals surface area contributed by atoms with E-state index in [0.29, 0.717) is 18.0 Å². The summed E-state index contributed by atoms with van der Waals surface area (Å²) in [4.78, 5) is 2.32. The van der Waals surface area contributed by atoms with Crippen molar-refractivity contribution in [1.82, 2.24) is 0 Å². The second-order valence-corrected chi connectivity index (χ2v) is 9.29. The summed E-state index contributed by atoms with van der Waals surface area (Å²) in [6.45, 7) is 13.2. The van der Waals surface area contributed by atoms with Gasteiger partial charge in [-0.1, -0.05) is 26.0 Å². The molecule has 3 aromatic carbocycles. The van der Waals surface area contributed by atoms with Crippen LogP contribution in [0, 0.1) is 5.92 Å². The van der Waals surface area contributed by atoms with E-state index in [1.165, 1.54) is 11.3 Å². The van der Waals surface area contributed by atoms with Gasteiger partial charge in [0.05, 0.1) is 0 Å². The summed E-state index contributed by atoms with van der Waals surface area (Å²) in [5, 5.41) is 6.95. The van der Waals surface area contributed by atoms with Crippen LogP contribution in [0.3, 0.4) is 0 Å². The van der Waals surface area contributed by atoms with Crippen LogP contribution < -0.4 is 15.5 Å². The van der Waals surface area contributed by atoms with Crippen molar-refractivity contribution in [2.75, 3.05) is 15.5 Å². The fourth-order valence-corrected chi connectivity index (χ4v) is 3.78. The molecule has 0 aliphatic heterocycles. The molecule has 3 heteroatoms. The molecule has 0 saturated heterocycles. The molecule has 0 radical (unpaired) electrons. The van der Waals surface area contributed by atoms with Crippen LogP contribution in [0.2, 0.25) is 0 Å². The number of hydrogen-bond donors (Lipinski definition) is 2. The SMILES string of the molecule is CC(C)Cc1ccc(N(c2ccc(NC(C)C)cc2)c2ccc(NC(C)C)cc2)cc1. The van der Waals surface area contributed by atoms with E-state index in [1.807, 2.05) is 0 Å². The summed E-state index contributed by atoms with van der Waals surface area (Å²) in [6.07, 6.45) is 1.10. The van der Waals surface area contributed by atoms with Gasteiger partial charge in [-0.15, -0.1) is 0 Å². The first-order valence-corrected chi connectivity index (χ1v) is 11.4. The van der Waals surface area contributed by atoms with Gasteiger partial charge in [0.1, 0.15) is 0 Å². The van der Waals surface area contributed by atoms with Crippen molar-refractivity contribution in [3.8, 4) is 0 Å². The number of anilines is 5. The molecule has 0 amide bonds. The van der Waals surface area contributed by atoms with Crippen LogP contribution in [0.25, 0.3) is 0 Å². The molecule has 0 spiro atoms. The molecule has 0 saturated carbocycles. The van der Waals surface area contributed by atoms with Gasteiger partial charge in [0, 0.05) is 40.5 Å². The minimum Gasteiger partial charge on any atom is -0.383 e. The molecule has 31 heavy (non-hydrogen) atoms. The van der Waals surface area contributed by atoms with Gasteiger partial charge in [-0.3, -0.25) is 0 Å². The molecule has 0 heterocycles. The molecule has 2 N–H and O–H groups in total. The number of benzene rings is 3. The fraction of sp³-hybridized carbons (Fsp3) is 0.357. The maximum atomic E-state index is 3.47. The zero-order valence-corrected chi connectivity index (χ0v) is 19.8. The predicted octanol–water partition coefficient (Wildman–Crippen LogP) is 8.00. The summed E-state index contributed by atoms with van der Waals surface area (Å²) < 4.78 is 0. The van der Waals surface area contributed by atoms with Crippen LogP contribution in [0.15, 0.2) is 72.8 Å². The fourth-order valence-electron chi connectivity index (χ4n) is 3.78. The van der Waals surface area contributed by atoms with Crippen LogP contribution in [0.4, 0.5) is 28.4 Å². The van der Waals surface area contributed by atoms with E-state index in [0.717, 1.165) is 29.2 Å². The van der Waals surface area contributed by atoms with Crippen molar-refractivity contribution < 1.29 is 0 Å². The molecule has 0 aliphatic rings. The first kappa shape index (κ1) is 22.7. The van der Waals surface area contributed by atoms with E-state index in [-0.39, 0.29) is 0 Å². The number of hydrogen-bond acceptors (Lipinski definition) is 3. The Bertz CT molecular complexity index is 796. The van der Waals surface area contributed by atoms with Gasteiger partial charge in [0.25, 0.3) is 0 Å². The highest BCUT2D eigenvalue weighted by Gasteiger charge is 2.13. The molecule has 164 valence electrons. The molecule has 0 aliphatic carbocycles. The van der Waals surface area contributed by atoms with Crippen molar-refractivity contribution >= 4 is 28.4 Å². The average Bonchev–Trinajstić information content (AvgIpc) is 2.71. The van der Waals surface area contributed by atoms with Crippen molar-refractivity contribution in [3.63, 3.8) is 0 Å². The van der Waals surface area contributed by atoms with Crippen molar-refractivity contribution in [3.05, 3.63) is 78.4 Å². The Kier molecular flexibility index (Phi) is 7.62. The van der Waals surface area contributed by atoms with Gasteiger partial charge in [0.2, 0.25) is 0 Å². The largest absolute Gasteiger partial charge is 0.383 e. The van der Waals surface area contributed by atoms with E-state index < -0.39 is 0 Å². The van der Waals surface area contributed by atoms with Gasteiger partial charge >= 0.3 is 0 Å². The average molecular weight is 416 g/mol. The highest BCUT2D eigenvalue weighted by atomic mass is 15.1. The van der Waals surface area contributed by atoms with Gasteiger partial charge in [-0.05, 0) is 106 Å². The Hall–Kier alpha value is -2.94.